The van der Waals surface area contributed by atoms with Crippen molar-refractivity contribution in [1.29, 1.82) is 21.0 Å². The molecule has 0 unspecified atom stereocenters. The van der Waals surface area contributed by atoms with E-state index in [1.165, 1.54) is 12.1 Å². The van der Waals surface area contributed by atoms with Crippen LogP contribution in [-0.4, -0.2) is 26.2 Å². The molecule has 0 aliphatic heterocycles. The van der Waals surface area contributed by atoms with Crippen LogP contribution in [0.4, 0.5) is 0 Å². The maximum Gasteiger partial charge on any atom is 0.397 e. The van der Waals surface area contributed by atoms with E-state index in [-0.39, 0.29) is 39.7 Å². The fraction of sp³-hybridized carbons (Fsp3) is 0.143. The largest absolute Gasteiger partial charge is 0.490 e. The Balaban J connectivity index is 2.60. The third-order valence-corrected chi connectivity index (χ3v) is 4.34. The molecule has 11 heteroatoms. The van der Waals surface area contributed by atoms with E-state index in [0.29, 0.717) is 0 Å². The van der Waals surface area contributed by atoms with Crippen molar-refractivity contribution in [3.63, 3.8) is 0 Å². The molecule has 2 rings (SSSR count). The molecule has 0 aliphatic carbocycles. The predicted molar refractivity (Wildman–Crippen MR) is 109 cm³/mol. The Morgan fingerprint density at radius 1 is 0.812 bits per heavy atom. The zero-order chi connectivity index (χ0) is 23.6. The number of hydrogen-bond donors (Lipinski definition) is 1. The molecule has 10 nitrogen and oxygen atoms in total. The van der Waals surface area contributed by atoms with Gasteiger partial charge >= 0.3 is 10.4 Å². The van der Waals surface area contributed by atoms with E-state index >= 15 is 0 Å². The third-order valence-electron chi connectivity index (χ3n) is 3.88. The smallest absolute Gasteiger partial charge is 0.397 e. The first-order valence-electron chi connectivity index (χ1n) is 8.77. The van der Waals surface area contributed by atoms with Gasteiger partial charge in [-0.1, -0.05) is 30.3 Å². The molecule has 32 heavy (non-hydrogen) atoms. The standard InChI is InChI=1S/C21H14N4O6S/c22-10-16(11-23)18-9-21(30-14-15-4-2-1-3-5-15)19(17(12-24)13-25)8-20(18)29-6-7-31-32(26,27)28/h1-5,8-9H,6-7,14H2,(H,26,27,28). The Morgan fingerprint density at radius 2 is 1.31 bits per heavy atom. The molecular weight excluding hydrogens is 436 g/mol. The average molecular weight is 450 g/mol. The fourth-order valence-corrected chi connectivity index (χ4v) is 2.79. The van der Waals surface area contributed by atoms with E-state index in [1.54, 1.807) is 48.5 Å². The van der Waals surface area contributed by atoms with E-state index in [9.17, 15) is 29.5 Å². The van der Waals surface area contributed by atoms with Gasteiger partial charge in [0.25, 0.3) is 0 Å². The zero-order valence-electron chi connectivity index (χ0n) is 16.3. The van der Waals surface area contributed by atoms with Gasteiger partial charge in [0.2, 0.25) is 0 Å². The van der Waals surface area contributed by atoms with E-state index in [0.717, 1.165) is 5.56 Å². The minimum Gasteiger partial charge on any atom is -0.490 e. The number of rotatable bonds is 8. The van der Waals surface area contributed by atoms with Gasteiger partial charge in [0.05, 0.1) is 0 Å². The van der Waals surface area contributed by atoms with E-state index < -0.39 is 23.6 Å². The highest BCUT2D eigenvalue weighted by Crippen LogP contribution is 2.13. The lowest BCUT2D eigenvalue weighted by atomic mass is 10.1. The number of benzene rings is 2. The molecule has 0 atom stereocenters. The molecular formula is C21H14N4O6S. The van der Waals surface area contributed by atoms with Crippen LogP contribution in [0.25, 0.3) is 11.1 Å². The van der Waals surface area contributed by atoms with Crippen LogP contribution in [-0.2, 0) is 21.2 Å². The minimum absolute atomic E-state index is 0.00361. The van der Waals surface area contributed by atoms with Crippen LogP contribution in [0.1, 0.15) is 5.56 Å². The molecule has 0 saturated carbocycles. The molecule has 2 aromatic carbocycles. The molecule has 0 aliphatic rings. The van der Waals surface area contributed by atoms with Crippen molar-refractivity contribution < 1.29 is 26.6 Å². The minimum atomic E-state index is -4.68. The van der Waals surface area contributed by atoms with Crippen molar-refractivity contribution in [2.24, 2.45) is 0 Å². The van der Waals surface area contributed by atoms with E-state index in [4.69, 9.17) is 14.0 Å². The van der Waals surface area contributed by atoms with Crippen LogP contribution in [0.15, 0.2) is 42.5 Å². The molecule has 2 aromatic rings. The zero-order valence-corrected chi connectivity index (χ0v) is 17.2. The Kier molecular flexibility index (Phi) is 8.30. The molecule has 0 radical (unpaired) electrons. The van der Waals surface area contributed by atoms with Gasteiger partial charge in [-0.15, -0.1) is 0 Å². The SMILES string of the molecule is N#CC(C#N)=c1cc(OCc2ccccc2)c(=C(C#N)C#N)cc1OCCOS(=O)(=O)O. The first kappa shape index (κ1) is 23.9. The van der Waals surface area contributed by atoms with Crippen LogP contribution in [0.5, 0.6) is 11.5 Å². The van der Waals surface area contributed by atoms with Crippen LogP contribution in [0, 0.1) is 45.3 Å². The van der Waals surface area contributed by atoms with Gasteiger partial charge in [0.1, 0.15) is 66.7 Å². The summed E-state index contributed by atoms with van der Waals surface area (Å²) >= 11 is 0. The van der Waals surface area contributed by atoms with Gasteiger partial charge in [-0.25, -0.2) is 4.18 Å². The number of nitriles is 4. The lowest BCUT2D eigenvalue weighted by Crippen LogP contribution is -2.22. The maximum absolute atomic E-state index is 10.7. The summed E-state index contributed by atoms with van der Waals surface area (Å²) < 4.78 is 45.3. The fourth-order valence-electron chi connectivity index (χ4n) is 2.51. The van der Waals surface area contributed by atoms with Crippen molar-refractivity contribution in [2.45, 2.75) is 6.61 Å². The van der Waals surface area contributed by atoms with Crippen molar-refractivity contribution in [3.8, 4) is 35.8 Å². The molecule has 1 N–H and O–H groups in total. The maximum atomic E-state index is 10.7. The Bertz CT molecular complexity index is 1360. The highest BCUT2D eigenvalue weighted by molar-refractivity contribution is 7.80. The molecule has 0 bridgehead atoms. The summed E-state index contributed by atoms with van der Waals surface area (Å²) in [6.45, 7) is -0.884. The summed E-state index contributed by atoms with van der Waals surface area (Å²) in [7, 11) is -4.68. The Hall–Kier alpha value is -4.39. The van der Waals surface area contributed by atoms with Crippen molar-refractivity contribution in [2.75, 3.05) is 13.2 Å². The van der Waals surface area contributed by atoms with Crippen LogP contribution < -0.4 is 19.9 Å². The first-order valence-corrected chi connectivity index (χ1v) is 10.1. The second-order valence-corrected chi connectivity index (χ2v) is 7.01. The van der Waals surface area contributed by atoms with Gasteiger partial charge in [-0.2, -0.15) is 29.5 Å². The van der Waals surface area contributed by atoms with E-state index in [2.05, 4.69) is 4.18 Å². The van der Waals surface area contributed by atoms with Gasteiger partial charge < -0.3 is 9.47 Å². The second kappa shape index (κ2) is 11.1. The quantitative estimate of drug-likeness (QED) is 0.448. The van der Waals surface area contributed by atoms with E-state index in [1.807, 2.05) is 6.07 Å². The number of ether oxygens (including phenoxy) is 2. The monoisotopic (exact) mass is 450 g/mol. The van der Waals surface area contributed by atoms with Crippen LogP contribution >= 0.6 is 0 Å². The summed E-state index contributed by atoms with van der Waals surface area (Å²) in [6.07, 6.45) is 0. The molecule has 0 amide bonds. The lowest BCUT2D eigenvalue weighted by molar-refractivity contribution is 0.200. The van der Waals surface area contributed by atoms with Gasteiger partial charge in [0.15, 0.2) is 0 Å². The number of nitrogens with zero attached hydrogens (tertiary/aromatic N) is 4. The predicted octanol–water partition coefficient (Wildman–Crippen LogP) is 0.860. The highest BCUT2D eigenvalue weighted by Gasteiger charge is 2.12. The van der Waals surface area contributed by atoms with Crippen molar-refractivity contribution >= 4 is 21.5 Å². The highest BCUT2D eigenvalue weighted by atomic mass is 32.3. The summed E-state index contributed by atoms with van der Waals surface area (Å²) in [5.41, 5.74) is 0.138. The Labute approximate surface area is 183 Å². The first-order chi connectivity index (χ1) is 15.3. The lowest BCUT2D eigenvalue weighted by Gasteiger charge is -2.12. The molecule has 0 aromatic heterocycles. The third kappa shape index (κ3) is 6.56. The normalized spacial score (nSPS) is 10.0. The molecule has 0 fully saturated rings. The van der Waals surface area contributed by atoms with Crippen molar-refractivity contribution in [3.05, 3.63) is 58.5 Å². The molecule has 0 spiro atoms. The molecule has 0 heterocycles. The number of hydrogen-bond acceptors (Lipinski definition) is 9. The van der Waals surface area contributed by atoms with Crippen molar-refractivity contribution in [1.82, 2.24) is 0 Å². The van der Waals surface area contributed by atoms with Gasteiger partial charge in [-0.05, 0) is 17.7 Å². The molecule has 0 saturated heterocycles. The Morgan fingerprint density at radius 3 is 1.78 bits per heavy atom. The second-order valence-electron chi connectivity index (χ2n) is 5.91. The summed E-state index contributed by atoms with van der Waals surface area (Å²) in [5.74, 6) is -0.0291. The summed E-state index contributed by atoms with van der Waals surface area (Å²) in [4.78, 5) is 0. The van der Waals surface area contributed by atoms with Crippen LogP contribution in [0.2, 0.25) is 0 Å². The van der Waals surface area contributed by atoms with Gasteiger partial charge in [0, 0.05) is 10.4 Å². The van der Waals surface area contributed by atoms with Crippen LogP contribution in [0.3, 0.4) is 0 Å². The van der Waals surface area contributed by atoms with Gasteiger partial charge in [-0.3, -0.25) is 4.55 Å². The average Bonchev–Trinajstić information content (AvgIpc) is 2.78. The molecule has 160 valence electrons. The summed E-state index contributed by atoms with van der Waals surface area (Å²) in [6, 6.07) is 18.5. The summed E-state index contributed by atoms with van der Waals surface area (Å²) in [5, 5.41) is 37.3. The topological polar surface area (TPSA) is 177 Å².